The van der Waals surface area contributed by atoms with Crippen LogP contribution in [0.25, 0.3) is 0 Å². The Kier molecular flexibility index (Phi) is 15.1. The van der Waals surface area contributed by atoms with Crippen molar-refractivity contribution in [2.24, 2.45) is 0 Å². The molecule has 0 saturated carbocycles. The van der Waals surface area contributed by atoms with Crippen molar-refractivity contribution in [1.29, 1.82) is 0 Å². The summed E-state index contributed by atoms with van der Waals surface area (Å²) in [5.41, 5.74) is 1.33. The lowest BCUT2D eigenvalue weighted by Crippen LogP contribution is -2.39. The molecule has 1 aliphatic heterocycles. The van der Waals surface area contributed by atoms with Gasteiger partial charge in [0.05, 0.1) is 0 Å². The van der Waals surface area contributed by atoms with E-state index in [0.717, 1.165) is 0 Å². The molecule has 0 radical (unpaired) electrons. The van der Waals surface area contributed by atoms with Crippen molar-refractivity contribution < 1.29 is 0 Å². The standard InChI is InChI=1S/C30H52N2/c1-3-5-7-9-11-12-13-14-15-17-22-26-31-27-28-32(29-23-19-18-20-24-29)30(31)25-21-16-10-8-6-4-2/h18-20,23-24,27-28,30H,3-17,21-22,25-26H2,1-2H3. The molecule has 1 aromatic carbocycles. The van der Waals surface area contributed by atoms with Crippen LogP contribution in [0.2, 0.25) is 0 Å². The lowest BCUT2D eigenvalue weighted by Gasteiger charge is -2.33. The molecule has 1 aliphatic rings. The maximum atomic E-state index is 2.62. The molecule has 2 nitrogen and oxygen atoms in total. The zero-order valence-electron chi connectivity index (χ0n) is 21.4. The van der Waals surface area contributed by atoms with Gasteiger partial charge in [-0.1, -0.05) is 128 Å². The quantitative estimate of drug-likeness (QED) is 0.186. The fourth-order valence-corrected chi connectivity index (χ4v) is 4.97. The Hall–Kier alpha value is -1.44. The molecular weight excluding hydrogens is 388 g/mol. The normalized spacial score (nSPS) is 15.8. The first-order valence-corrected chi connectivity index (χ1v) is 14.1. The number of nitrogens with zero attached hydrogens (tertiary/aromatic N) is 2. The minimum Gasteiger partial charge on any atom is -0.356 e. The minimum absolute atomic E-state index is 0.506. The van der Waals surface area contributed by atoms with E-state index in [9.17, 15) is 0 Å². The van der Waals surface area contributed by atoms with Crippen molar-refractivity contribution in [3.63, 3.8) is 0 Å². The number of unbranched alkanes of at least 4 members (excludes halogenated alkanes) is 15. The monoisotopic (exact) mass is 440 g/mol. The van der Waals surface area contributed by atoms with Gasteiger partial charge in [0.25, 0.3) is 0 Å². The van der Waals surface area contributed by atoms with Crippen LogP contribution < -0.4 is 4.90 Å². The van der Waals surface area contributed by atoms with Crippen molar-refractivity contribution in [3.05, 3.63) is 42.7 Å². The average molecular weight is 441 g/mol. The van der Waals surface area contributed by atoms with Gasteiger partial charge in [-0.2, -0.15) is 0 Å². The molecule has 0 saturated heterocycles. The largest absolute Gasteiger partial charge is 0.356 e. The summed E-state index contributed by atoms with van der Waals surface area (Å²) in [6, 6.07) is 11.0. The van der Waals surface area contributed by atoms with Gasteiger partial charge in [0.1, 0.15) is 6.17 Å². The van der Waals surface area contributed by atoms with Crippen LogP contribution >= 0.6 is 0 Å². The van der Waals surface area contributed by atoms with Crippen LogP contribution in [0, 0.1) is 0 Å². The lowest BCUT2D eigenvalue weighted by atomic mass is 10.1. The molecule has 182 valence electrons. The first kappa shape index (κ1) is 26.8. The summed E-state index contributed by atoms with van der Waals surface area (Å²) in [6.07, 6.45) is 30.3. The molecule has 2 rings (SSSR count). The molecule has 1 heterocycles. The molecule has 0 amide bonds. The highest BCUT2D eigenvalue weighted by Gasteiger charge is 2.26. The first-order valence-electron chi connectivity index (χ1n) is 14.1. The minimum atomic E-state index is 0.506. The third-order valence-corrected chi connectivity index (χ3v) is 7.01. The summed E-state index contributed by atoms with van der Waals surface area (Å²) in [5.74, 6) is 0. The third-order valence-electron chi connectivity index (χ3n) is 7.01. The third kappa shape index (κ3) is 10.9. The fraction of sp³-hybridized carbons (Fsp3) is 0.733. The molecule has 0 aliphatic carbocycles. The van der Waals surface area contributed by atoms with Crippen LogP contribution in [0.15, 0.2) is 42.7 Å². The fourth-order valence-electron chi connectivity index (χ4n) is 4.97. The van der Waals surface area contributed by atoms with E-state index in [0.29, 0.717) is 6.17 Å². The Morgan fingerprint density at radius 2 is 1.06 bits per heavy atom. The molecule has 0 spiro atoms. The zero-order valence-corrected chi connectivity index (χ0v) is 21.4. The predicted octanol–water partition coefficient (Wildman–Crippen LogP) is 9.67. The Bertz CT molecular complexity index is 567. The van der Waals surface area contributed by atoms with Crippen molar-refractivity contribution in [3.8, 4) is 0 Å². The Morgan fingerprint density at radius 1 is 0.562 bits per heavy atom. The summed E-state index contributed by atoms with van der Waals surface area (Å²) >= 11 is 0. The first-order chi connectivity index (χ1) is 15.9. The molecule has 0 N–H and O–H groups in total. The zero-order chi connectivity index (χ0) is 22.7. The van der Waals surface area contributed by atoms with E-state index >= 15 is 0 Å². The van der Waals surface area contributed by atoms with E-state index < -0.39 is 0 Å². The predicted molar refractivity (Wildman–Crippen MR) is 143 cm³/mol. The Balaban J connectivity index is 1.65. The van der Waals surface area contributed by atoms with E-state index in [1.807, 2.05) is 0 Å². The van der Waals surface area contributed by atoms with Gasteiger partial charge in [-0.15, -0.1) is 0 Å². The van der Waals surface area contributed by atoms with Crippen molar-refractivity contribution in [2.45, 2.75) is 136 Å². The summed E-state index contributed by atoms with van der Waals surface area (Å²) in [5, 5.41) is 0. The summed E-state index contributed by atoms with van der Waals surface area (Å²) in [7, 11) is 0. The molecular formula is C30H52N2. The van der Waals surface area contributed by atoms with Gasteiger partial charge >= 0.3 is 0 Å². The average Bonchev–Trinajstić information content (AvgIpc) is 3.23. The number of hydrogen-bond donors (Lipinski definition) is 0. The van der Waals surface area contributed by atoms with Crippen LogP contribution in [0.5, 0.6) is 0 Å². The van der Waals surface area contributed by atoms with Gasteiger partial charge in [-0.25, -0.2) is 0 Å². The van der Waals surface area contributed by atoms with Gasteiger partial charge in [-0.3, -0.25) is 0 Å². The summed E-state index contributed by atoms with van der Waals surface area (Å²) in [4.78, 5) is 5.12. The summed E-state index contributed by atoms with van der Waals surface area (Å²) < 4.78 is 0. The topological polar surface area (TPSA) is 6.48 Å². The maximum absolute atomic E-state index is 2.62. The highest BCUT2D eigenvalue weighted by molar-refractivity contribution is 5.51. The van der Waals surface area contributed by atoms with E-state index in [1.165, 1.54) is 128 Å². The number of para-hydroxylation sites is 1. The van der Waals surface area contributed by atoms with Gasteiger partial charge in [0, 0.05) is 24.6 Å². The van der Waals surface area contributed by atoms with E-state index in [-0.39, 0.29) is 0 Å². The second kappa shape index (κ2) is 18.0. The molecule has 1 atom stereocenters. The number of hydrogen-bond acceptors (Lipinski definition) is 2. The molecule has 32 heavy (non-hydrogen) atoms. The van der Waals surface area contributed by atoms with Crippen molar-refractivity contribution in [1.82, 2.24) is 4.90 Å². The lowest BCUT2D eigenvalue weighted by molar-refractivity contribution is 0.273. The summed E-state index contributed by atoms with van der Waals surface area (Å²) in [6.45, 7) is 5.81. The molecule has 0 aromatic heterocycles. The number of benzene rings is 1. The highest BCUT2D eigenvalue weighted by Crippen LogP contribution is 2.28. The molecule has 1 unspecified atom stereocenters. The van der Waals surface area contributed by atoms with Crippen LogP contribution in [-0.4, -0.2) is 17.6 Å². The van der Waals surface area contributed by atoms with Gasteiger partial charge < -0.3 is 9.80 Å². The van der Waals surface area contributed by atoms with E-state index in [4.69, 9.17) is 0 Å². The smallest absolute Gasteiger partial charge is 0.105 e. The van der Waals surface area contributed by atoms with Crippen LogP contribution in [-0.2, 0) is 0 Å². The van der Waals surface area contributed by atoms with Gasteiger partial charge in [-0.05, 0) is 31.4 Å². The van der Waals surface area contributed by atoms with Crippen LogP contribution in [0.3, 0.4) is 0 Å². The Morgan fingerprint density at radius 3 is 1.62 bits per heavy atom. The number of rotatable bonds is 20. The second-order valence-electron chi connectivity index (χ2n) is 9.85. The van der Waals surface area contributed by atoms with Crippen LogP contribution in [0.4, 0.5) is 5.69 Å². The van der Waals surface area contributed by atoms with E-state index in [1.54, 1.807) is 0 Å². The molecule has 0 fully saturated rings. The van der Waals surface area contributed by atoms with Crippen LogP contribution in [0.1, 0.15) is 129 Å². The molecule has 0 bridgehead atoms. The Labute approximate surface area is 200 Å². The van der Waals surface area contributed by atoms with Gasteiger partial charge in [0.2, 0.25) is 0 Å². The highest BCUT2D eigenvalue weighted by atomic mass is 15.4. The van der Waals surface area contributed by atoms with E-state index in [2.05, 4.69) is 66.4 Å². The maximum Gasteiger partial charge on any atom is 0.105 e. The SMILES string of the molecule is CCCCCCCCCCCCCN1C=CN(c2ccccc2)C1CCCCCCCC. The molecule has 1 aromatic rings. The van der Waals surface area contributed by atoms with Crippen molar-refractivity contribution in [2.75, 3.05) is 11.4 Å². The molecule has 2 heteroatoms. The second-order valence-corrected chi connectivity index (χ2v) is 9.85. The van der Waals surface area contributed by atoms with Crippen molar-refractivity contribution >= 4 is 5.69 Å². The number of anilines is 1. The van der Waals surface area contributed by atoms with Gasteiger partial charge in [0.15, 0.2) is 0 Å².